The van der Waals surface area contributed by atoms with Crippen molar-refractivity contribution in [3.63, 3.8) is 0 Å². The Morgan fingerprint density at radius 2 is 2.24 bits per heavy atom. The highest BCUT2D eigenvalue weighted by atomic mass is 35.5. The van der Waals surface area contributed by atoms with E-state index in [2.05, 4.69) is 5.32 Å². The number of benzene rings is 1. The minimum Gasteiger partial charge on any atom is -0.451 e. The van der Waals surface area contributed by atoms with Crippen LogP contribution in [0.3, 0.4) is 0 Å². The first-order valence-electron chi connectivity index (χ1n) is 7.15. The van der Waals surface area contributed by atoms with Crippen LogP contribution < -0.4 is 5.32 Å². The van der Waals surface area contributed by atoms with Gasteiger partial charge in [-0.3, -0.25) is 4.79 Å². The summed E-state index contributed by atoms with van der Waals surface area (Å²) in [6, 6.07) is 8.11. The van der Waals surface area contributed by atoms with Gasteiger partial charge in [0.05, 0.1) is 0 Å². The summed E-state index contributed by atoms with van der Waals surface area (Å²) in [5.74, 6) is 0.463. The van der Waals surface area contributed by atoms with Crippen molar-refractivity contribution in [3.05, 3.63) is 35.6 Å². The third kappa shape index (κ3) is 3.06. The topological polar surface area (TPSA) is 45.5 Å². The normalized spacial score (nSPS) is 18.0. The summed E-state index contributed by atoms with van der Waals surface area (Å²) in [5, 5.41) is 4.15. The van der Waals surface area contributed by atoms with E-state index in [0.717, 1.165) is 36.9 Å². The highest BCUT2D eigenvalue weighted by molar-refractivity contribution is 5.96. The number of hydrogen-bond donors (Lipinski definition) is 1. The number of furan rings is 1. The summed E-state index contributed by atoms with van der Waals surface area (Å²) in [4.78, 5) is 14.5. The predicted octanol–water partition coefficient (Wildman–Crippen LogP) is 2.99. The van der Waals surface area contributed by atoms with Crippen molar-refractivity contribution in [2.24, 2.45) is 0 Å². The SMILES string of the molecule is CNCC1CCCN1C(=O)c1cc2cc(C)ccc2o1.Cl. The Morgan fingerprint density at radius 1 is 1.43 bits per heavy atom. The van der Waals surface area contributed by atoms with E-state index >= 15 is 0 Å². The predicted molar refractivity (Wildman–Crippen MR) is 86.2 cm³/mol. The van der Waals surface area contributed by atoms with E-state index in [1.54, 1.807) is 0 Å². The molecule has 1 amide bonds. The van der Waals surface area contributed by atoms with Gasteiger partial charge in [-0.25, -0.2) is 0 Å². The zero-order chi connectivity index (χ0) is 14.1. The quantitative estimate of drug-likeness (QED) is 0.948. The third-order valence-electron chi connectivity index (χ3n) is 3.96. The summed E-state index contributed by atoms with van der Waals surface area (Å²) in [5.41, 5.74) is 1.95. The standard InChI is InChI=1S/C16H20N2O2.ClH/c1-11-5-6-14-12(8-11)9-15(20-14)16(19)18-7-3-4-13(18)10-17-2;/h5-6,8-9,13,17H,3-4,7,10H2,1-2H3;1H. The minimum absolute atomic E-state index is 0. The molecule has 0 radical (unpaired) electrons. The molecule has 1 atom stereocenters. The zero-order valence-corrected chi connectivity index (χ0v) is 13.2. The summed E-state index contributed by atoms with van der Waals surface area (Å²) >= 11 is 0. The number of aryl methyl sites for hydroxylation is 1. The molecule has 1 aliphatic rings. The maximum atomic E-state index is 12.6. The number of hydrogen-bond acceptors (Lipinski definition) is 3. The lowest BCUT2D eigenvalue weighted by molar-refractivity contribution is 0.0707. The molecular formula is C16H21ClN2O2. The number of halogens is 1. The van der Waals surface area contributed by atoms with Crippen LogP contribution in [0.25, 0.3) is 11.0 Å². The highest BCUT2D eigenvalue weighted by Gasteiger charge is 2.30. The van der Waals surface area contributed by atoms with Crippen LogP contribution >= 0.6 is 12.4 Å². The molecule has 2 heterocycles. The number of likely N-dealkylation sites (N-methyl/N-ethyl adjacent to an activating group) is 1. The van der Waals surface area contributed by atoms with Gasteiger partial charge in [-0.15, -0.1) is 12.4 Å². The van der Waals surface area contributed by atoms with Crippen molar-refractivity contribution < 1.29 is 9.21 Å². The summed E-state index contributed by atoms with van der Waals surface area (Å²) in [6.07, 6.45) is 2.13. The fourth-order valence-electron chi connectivity index (χ4n) is 2.96. The Labute approximate surface area is 130 Å². The van der Waals surface area contributed by atoms with E-state index in [1.807, 2.05) is 43.1 Å². The number of fused-ring (bicyclic) bond motifs is 1. The number of likely N-dealkylation sites (tertiary alicyclic amines) is 1. The molecule has 0 bridgehead atoms. The second kappa shape index (κ2) is 6.50. The van der Waals surface area contributed by atoms with Gasteiger partial charge >= 0.3 is 0 Å². The van der Waals surface area contributed by atoms with Gasteiger partial charge in [-0.2, -0.15) is 0 Å². The molecule has 0 spiro atoms. The van der Waals surface area contributed by atoms with Crippen LogP contribution in [0.15, 0.2) is 28.7 Å². The second-order valence-corrected chi connectivity index (χ2v) is 5.50. The minimum atomic E-state index is 0. The number of carbonyl (C=O) groups excluding carboxylic acids is 1. The molecule has 1 aromatic carbocycles. The van der Waals surface area contributed by atoms with Crippen LogP contribution in [0.4, 0.5) is 0 Å². The summed E-state index contributed by atoms with van der Waals surface area (Å²) < 4.78 is 5.71. The van der Waals surface area contributed by atoms with Crippen LogP contribution in [0.2, 0.25) is 0 Å². The molecule has 1 aromatic heterocycles. The van der Waals surface area contributed by atoms with Crippen LogP contribution in [0.5, 0.6) is 0 Å². The van der Waals surface area contributed by atoms with Crippen LogP contribution in [0, 0.1) is 6.92 Å². The maximum Gasteiger partial charge on any atom is 0.289 e. The Balaban J connectivity index is 0.00000161. The van der Waals surface area contributed by atoms with Crippen molar-refractivity contribution in [1.29, 1.82) is 0 Å². The second-order valence-electron chi connectivity index (χ2n) is 5.50. The number of nitrogens with zero attached hydrogens (tertiary/aromatic N) is 1. The third-order valence-corrected chi connectivity index (χ3v) is 3.96. The van der Waals surface area contributed by atoms with Crippen molar-refractivity contribution in [2.75, 3.05) is 20.1 Å². The Morgan fingerprint density at radius 3 is 3.00 bits per heavy atom. The first-order valence-corrected chi connectivity index (χ1v) is 7.15. The average Bonchev–Trinajstić information content (AvgIpc) is 3.04. The molecule has 4 nitrogen and oxygen atoms in total. The van der Waals surface area contributed by atoms with E-state index in [4.69, 9.17) is 4.42 Å². The monoisotopic (exact) mass is 308 g/mol. The van der Waals surface area contributed by atoms with Crippen molar-refractivity contribution in [3.8, 4) is 0 Å². The van der Waals surface area contributed by atoms with Gasteiger partial charge in [-0.1, -0.05) is 11.6 Å². The van der Waals surface area contributed by atoms with Crippen LogP contribution in [-0.4, -0.2) is 37.0 Å². The van der Waals surface area contributed by atoms with Gasteiger partial charge in [0.25, 0.3) is 5.91 Å². The molecule has 1 aliphatic heterocycles. The molecule has 5 heteroatoms. The van der Waals surface area contributed by atoms with E-state index in [-0.39, 0.29) is 24.4 Å². The smallest absolute Gasteiger partial charge is 0.289 e. The highest BCUT2D eigenvalue weighted by Crippen LogP contribution is 2.25. The van der Waals surface area contributed by atoms with Crippen molar-refractivity contribution in [1.82, 2.24) is 10.2 Å². The lowest BCUT2D eigenvalue weighted by Crippen LogP contribution is -2.40. The Kier molecular flexibility index (Phi) is 4.91. The largest absolute Gasteiger partial charge is 0.451 e. The molecule has 114 valence electrons. The molecule has 0 aliphatic carbocycles. The number of carbonyl (C=O) groups is 1. The van der Waals surface area contributed by atoms with Gasteiger partial charge < -0.3 is 14.6 Å². The van der Waals surface area contributed by atoms with Crippen LogP contribution in [0.1, 0.15) is 29.0 Å². The molecule has 1 fully saturated rings. The molecule has 3 rings (SSSR count). The molecular weight excluding hydrogens is 288 g/mol. The van der Waals surface area contributed by atoms with Crippen molar-refractivity contribution >= 4 is 29.3 Å². The fourth-order valence-corrected chi connectivity index (χ4v) is 2.96. The van der Waals surface area contributed by atoms with Gasteiger partial charge in [-0.05, 0) is 45.0 Å². The number of amides is 1. The van der Waals surface area contributed by atoms with Gasteiger partial charge in [0.1, 0.15) is 5.58 Å². The van der Waals surface area contributed by atoms with E-state index in [9.17, 15) is 4.79 Å². The van der Waals surface area contributed by atoms with Crippen LogP contribution in [-0.2, 0) is 0 Å². The molecule has 1 unspecified atom stereocenters. The summed E-state index contributed by atoms with van der Waals surface area (Å²) in [6.45, 7) is 3.70. The molecule has 1 saturated heterocycles. The average molecular weight is 309 g/mol. The van der Waals surface area contributed by atoms with E-state index < -0.39 is 0 Å². The molecule has 21 heavy (non-hydrogen) atoms. The zero-order valence-electron chi connectivity index (χ0n) is 12.4. The molecule has 2 aromatic rings. The molecule has 0 saturated carbocycles. The lowest BCUT2D eigenvalue weighted by atomic mass is 10.2. The Bertz CT molecular complexity index is 638. The first-order chi connectivity index (χ1) is 9.69. The number of nitrogens with one attached hydrogen (secondary N) is 1. The van der Waals surface area contributed by atoms with Gasteiger partial charge in [0, 0.05) is 24.5 Å². The van der Waals surface area contributed by atoms with E-state index in [0.29, 0.717) is 5.76 Å². The Hall–Kier alpha value is -1.52. The van der Waals surface area contributed by atoms with E-state index in [1.165, 1.54) is 5.56 Å². The first kappa shape index (κ1) is 15.9. The van der Waals surface area contributed by atoms with Gasteiger partial charge in [0.15, 0.2) is 5.76 Å². The number of rotatable bonds is 3. The summed E-state index contributed by atoms with van der Waals surface area (Å²) in [7, 11) is 1.92. The maximum absolute atomic E-state index is 12.6. The lowest BCUT2D eigenvalue weighted by Gasteiger charge is -2.23. The van der Waals surface area contributed by atoms with Crippen molar-refractivity contribution in [2.45, 2.75) is 25.8 Å². The van der Waals surface area contributed by atoms with Gasteiger partial charge in [0.2, 0.25) is 0 Å². The molecule has 1 N–H and O–H groups in total. The fraction of sp³-hybridized carbons (Fsp3) is 0.438.